The van der Waals surface area contributed by atoms with E-state index in [0.717, 1.165) is 17.5 Å². The molecule has 16 heavy (non-hydrogen) atoms. The maximum absolute atomic E-state index is 13.6. The Balaban J connectivity index is 2.12. The van der Waals surface area contributed by atoms with Crippen LogP contribution in [0.15, 0.2) is 42.5 Å². The van der Waals surface area contributed by atoms with Gasteiger partial charge in [-0.05, 0) is 17.2 Å². The molecule has 2 aromatic carbocycles. The topological polar surface area (TPSA) is 9.23 Å². The van der Waals surface area contributed by atoms with Crippen LogP contribution in [0.1, 0.15) is 16.7 Å². The molecule has 80 valence electrons. The van der Waals surface area contributed by atoms with Gasteiger partial charge in [0, 0.05) is 12.0 Å². The van der Waals surface area contributed by atoms with Crippen LogP contribution in [0.25, 0.3) is 0 Å². The Kier molecular flexibility index (Phi) is 2.13. The highest BCUT2D eigenvalue weighted by Gasteiger charge is 2.16. The molecule has 1 nitrogen and oxygen atoms in total. The van der Waals surface area contributed by atoms with Crippen LogP contribution < -0.4 is 4.74 Å². The summed E-state index contributed by atoms with van der Waals surface area (Å²) in [7, 11) is 0. The first-order chi connectivity index (χ1) is 7.84. The molecule has 0 unspecified atom stereocenters. The number of halogens is 1. The first-order valence-electron chi connectivity index (χ1n) is 5.31. The summed E-state index contributed by atoms with van der Waals surface area (Å²) in [5.74, 6) is 0.129. The molecule has 0 saturated carbocycles. The molecule has 0 spiro atoms. The van der Waals surface area contributed by atoms with E-state index in [1.165, 1.54) is 11.6 Å². The zero-order chi connectivity index (χ0) is 11.0. The van der Waals surface area contributed by atoms with E-state index in [0.29, 0.717) is 12.4 Å². The highest BCUT2D eigenvalue weighted by Crippen LogP contribution is 2.30. The van der Waals surface area contributed by atoms with Crippen molar-refractivity contribution in [1.82, 2.24) is 0 Å². The van der Waals surface area contributed by atoms with Gasteiger partial charge in [-0.25, -0.2) is 4.39 Å². The van der Waals surface area contributed by atoms with Gasteiger partial charge in [0.1, 0.15) is 6.61 Å². The minimum atomic E-state index is -0.273. The summed E-state index contributed by atoms with van der Waals surface area (Å²) < 4.78 is 19.1. The van der Waals surface area contributed by atoms with E-state index in [1.54, 1.807) is 6.07 Å². The Morgan fingerprint density at radius 2 is 1.62 bits per heavy atom. The average Bonchev–Trinajstić information content (AvgIpc) is 2.48. The van der Waals surface area contributed by atoms with Gasteiger partial charge in [0.15, 0.2) is 11.6 Å². The minimum Gasteiger partial charge on any atom is -0.486 e. The number of ether oxygens (including phenoxy) is 1. The summed E-state index contributed by atoms with van der Waals surface area (Å²) in [6.45, 7) is 0.449. The van der Waals surface area contributed by atoms with E-state index in [2.05, 4.69) is 6.07 Å². The number of hydrogen-bond donors (Lipinski definition) is 0. The van der Waals surface area contributed by atoms with Gasteiger partial charge in [-0.15, -0.1) is 0 Å². The highest BCUT2D eigenvalue weighted by atomic mass is 19.1. The Bertz CT molecular complexity index is 534. The Morgan fingerprint density at radius 3 is 2.50 bits per heavy atom. The van der Waals surface area contributed by atoms with Gasteiger partial charge in [0.05, 0.1) is 0 Å². The van der Waals surface area contributed by atoms with E-state index in [9.17, 15) is 4.39 Å². The second-order valence-electron chi connectivity index (χ2n) is 3.96. The largest absolute Gasteiger partial charge is 0.486 e. The summed E-state index contributed by atoms with van der Waals surface area (Å²) >= 11 is 0. The number of rotatable bonds is 0. The molecule has 0 amide bonds. The van der Waals surface area contributed by atoms with Crippen LogP contribution in [0, 0.1) is 5.82 Å². The number of para-hydroxylation sites is 1. The second-order valence-corrected chi connectivity index (χ2v) is 3.96. The molecule has 0 bridgehead atoms. The third-order valence-electron chi connectivity index (χ3n) is 2.92. The molecule has 0 saturated heterocycles. The SMILES string of the molecule is Fc1cccc2c1OCc1ccccc1C2. The Hall–Kier alpha value is -1.83. The molecule has 0 fully saturated rings. The fraction of sp³-hybridized carbons (Fsp3) is 0.143. The normalized spacial score (nSPS) is 13.3. The summed E-state index contributed by atoms with van der Waals surface area (Å²) in [4.78, 5) is 0. The van der Waals surface area contributed by atoms with E-state index < -0.39 is 0 Å². The van der Waals surface area contributed by atoms with Crippen molar-refractivity contribution in [2.45, 2.75) is 13.0 Å². The second kappa shape index (κ2) is 3.63. The molecular formula is C14H11FO. The Labute approximate surface area is 93.5 Å². The molecule has 0 N–H and O–H groups in total. The summed E-state index contributed by atoms with van der Waals surface area (Å²) in [6.07, 6.45) is 0.739. The first kappa shape index (κ1) is 9.40. The van der Waals surface area contributed by atoms with Crippen LogP contribution in [-0.4, -0.2) is 0 Å². The third-order valence-corrected chi connectivity index (χ3v) is 2.92. The van der Waals surface area contributed by atoms with Crippen molar-refractivity contribution in [2.24, 2.45) is 0 Å². The lowest BCUT2D eigenvalue weighted by Crippen LogP contribution is -1.96. The number of benzene rings is 2. The van der Waals surface area contributed by atoms with E-state index >= 15 is 0 Å². The van der Waals surface area contributed by atoms with Gasteiger partial charge in [-0.2, -0.15) is 0 Å². The zero-order valence-corrected chi connectivity index (χ0v) is 8.74. The van der Waals surface area contributed by atoms with Gasteiger partial charge in [0.2, 0.25) is 0 Å². The van der Waals surface area contributed by atoms with Crippen molar-refractivity contribution in [2.75, 3.05) is 0 Å². The maximum Gasteiger partial charge on any atom is 0.165 e. The fourth-order valence-electron chi connectivity index (χ4n) is 2.08. The lowest BCUT2D eigenvalue weighted by Gasteiger charge is -2.06. The average molecular weight is 214 g/mol. The standard InChI is InChI=1S/C14H11FO/c15-13-7-3-6-11-8-10-4-1-2-5-12(10)9-16-14(11)13/h1-7H,8-9H2. The summed E-state index contributed by atoms with van der Waals surface area (Å²) in [5.41, 5.74) is 3.27. The van der Waals surface area contributed by atoms with Crippen molar-refractivity contribution < 1.29 is 9.13 Å². The predicted molar refractivity (Wildman–Crippen MR) is 60.0 cm³/mol. The lowest BCUT2D eigenvalue weighted by atomic mass is 10.0. The van der Waals surface area contributed by atoms with Crippen LogP contribution in [0.2, 0.25) is 0 Å². The molecule has 1 aliphatic rings. The molecule has 0 atom stereocenters. The van der Waals surface area contributed by atoms with E-state index in [4.69, 9.17) is 4.74 Å². The molecule has 1 heterocycles. The molecular weight excluding hydrogens is 203 g/mol. The maximum atomic E-state index is 13.6. The Morgan fingerprint density at radius 1 is 0.875 bits per heavy atom. The number of hydrogen-bond acceptors (Lipinski definition) is 1. The lowest BCUT2D eigenvalue weighted by molar-refractivity contribution is 0.291. The van der Waals surface area contributed by atoms with Crippen LogP contribution in [0.4, 0.5) is 4.39 Å². The van der Waals surface area contributed by atoms with E-state index in [1.807, 2.05) is 24.3 Å². The molecule has 2 heteroatoms. The van der Waals surface area contributed by atoms with Gasteiger partial charge >= 0.3 is 0 Å². The number of fused-ring (bicyclic) bond motifs is 2. The van der Waals surface area contributed by atoms with Crippen molar-refractivity contribution in [1.29, 1.82) is 0 Å². The molecule has 0 radical (unpaired) electrons. The zero-order valence-electron chi connectivity index (χ0n) is 8.74. The summed E-state index contributed by atoms with van der Waals surface area (Å²) in [6, 6.07) is 13.2. The molecule has 3 rings (SSSR count). The van der Waals surface area contributed by atoms with Crippen LogP contribution in [-0.2, 0) is 13.0 Å². The smallest absolute Gasteiger partial charge is 0.165 e. The first-order valence-corrected chi connectivity index (χ1v) is 5.31. The van der Waals surface area contributed by atoms with Gasteiger partial charge < -0.3 is 4.74 Å². The molecule has 2 aromatic rings. The van der Waals surface area contributed by atoms with Crippen LogP contribution in [0.5, 0.6) is 5.75 Å². The molecule has 0 aromatic heterocycles. The van der Waals surface area contributed by atoms with Gasteiger partial charge in [-0.3, -0.25) is 0 Å². The monoisotopic (exact) mass is 214 g/mol. The van der Waals surface area contributed by atoms with E-state index in [-0.39, 0.29) is 5.82 Å². The van der Waals surface area contributed by atoms with Crippen molar-refractivity contribution >= 4 is 0 Å². The van der Waals surface area contributed by atoms with Crippen molar-refractivity contribution in [3.8, 4) is 5.75 Å². The van der Waals surface area contributed by atoms with Crippen molar-refractivity contribution in [3.63, 3.8) is 0 Å². The molecule has 1 aliphatic heterocycles. The quantitative estimate of drug-likeness (QED) is 0.653. The highest BCUT2D eigenvalue weighted by molar-refractivity contribution is 5.43. The summed E-state index contributed by atoms with van der Waals surface area (Å²) in [5, 5.41) is 0. The van der Waals surface area contributed by atoms with Gasteiger partial charge in [-0.1, -0.05) is 36.4 Å². The third kappa shape index (κ3) is 1.47. The predicted octanol–water partition coefficient (Wildman–Crippen LogP) is 3.31. The molecule has 0 aliphatic carbocycles. The van der Waals surface area contributed by atoms with Crippen LogP contribution in [0.3, 0.4) is 0 Å². The fourth-order valence-corrected chi connectivity index (χ4v) is 2.08. The minimum absolute atomic E-state index is 0.273. The van der Waals surface area contributed by atoms with Crippen molar-refractivity contribution in [3.05, 3.63) is 65.0 Å². The van der Waals surface area contributed by atoms with Gasteiger partial charge in [0.25, 0.3) is 0 Å². The van der Waals surface area contributed by atoms with Crippen LogP contribution >= 0.6 is 0 Å².